The van der Waals surface area contributed by atoms with Crippen molar-refractivity contribution >= 4 is 5.71 Å². The van der Waals surface area contributed by atoms with E-state index < -0.39 is 0 Å². The first-order chi connectivity index (χ1) is 7.86. The standard InChI is InChI=1S/C14H19NO2/c1-8-7-10(14(2,3)4)13(16)12-9(8)5-6-11(12)15-17/h7,16-17H,5-6H2,1-4H3/b15-11+. The molecule has 0 saturated heterocycles. The van der Waals surface area contributed by atoms with Gasteiger partial charge in [-0.1, -0.05) is 32.0 Å². The molecule has 0 aromatic heterocycles. The average Bonchev–Trinajstić information content (AvgIpc) is 2.66. The van der Waals surface area contributed by atoms with E-state index in [1.165, 1.54) is 5.56 Å². The summed E-state index contributed by atoms with van der Waals surface area (Å²) >= 11 is 0. The second-order valence-corrected chi connectivity index (χ2v) is 5.74. The zero-order valence-corrected chi connectivity index (χ0v) is 10.8. The molecular formula is C14H19NO2. The zero-order chi connectivity index (χ0) is 12.8. The smallest absolute Gasteiger partial charge is 0.128 e. The molecule has 0 spiro atoms. The molecule has 0 bridgehead atoms. The van der Waals surface area contributed by atoms with Crippen LogP contribution in [0, 0.1) is 6.92 Å². The number of hydrogen-bond acceptors (Lipinski definition) is 3. The minimum Gasteiger partial charge on any atom is -0.507 e. The first kappa shape index (κ1) is 12.0. The molecule has 2 N–H and O–H groups in total. The van der Waals surface area contributed by atoms with Crippen molar-refractivity contribution in [2.45, 2.75) is 46.0 Å². The average molecular weight is 233 g/mol. The van der Waals surface area contributed by atoms with Crippen LogP contribution in [0.15, 0.2) is 11.2 Å². The highest BCUT2D eigenvalue weighted by atomic mass is 16.4. The van der Waals surface area contributed by atoms with Crippen molar-refractivity contribution in [3.05, 3.63) is 28.3 Å². The Morgan fingerprint density at radius 3 is 2.41 bits per heavy atom. The van der Waals surface area contributed by atoms with Crippen LogP contribution in [-0.2, 0) is 11.8 Å². The van der Waals surface area contributed by atoms with Gasteiger partial charge in [-0.25, -0.2) is 0 Å². The minimum absolute atomic E-state index is 0.118. The van der Waals surface area contributed by atoms with Gasteiger partial charge in [-0.15, -0.1) is 0 Å². The van der Waals surface area contributed by atoms with Gasteiger partial charge in [-0.05, 0) is 36.3 Å². The van der Waals surface area contributed by atoms with Crippen molar-refractivity contribution in [1.82, 2.24) is 0 Å². The highest BCUT2D eigenvalue weighted by Crippen LogP contribution is 2.40. The van der Waals surface area contributed by atoms with Crippen LogP contribution < -0.4 is 0 Å². The summed E-state index contributed by atoms with van der Waals surface area (Å²) in [5, 5.41) is 22.7. The quantitative estimate of drug-likeness (QED) is 0.534. The number of oxime groups is 1. The van der Waals surface area contributed by atoms with Crippen LogP contribution in [0.2, 0.25) is 0 Å². The fraction of sp³-hybridized carbons (Fsp3) is 0.500. The van der Waals surface area contributed by atoms with Crippen LogP contribution in [0.25, 0.3) is 0 Å². The second-order valence-electron chi connectivity index (χ2n) is 5.74. The van der Waals surface area contributed by atoms with E-state index in [-0.39, 0.29) is 11.2 Å². The van der Waals surface area contributed by atoms with Gasteiger partial charge in [0.05, 0.1) is 5.71 Å². The Kier molecular flexibility index (Phi) is 2.64. The van der Waals surface area contributed by atoms with Crippen LogP contribution in [-0.4, -0.2) is 16.0 Å². The van der Waals surface area contributed by atoms with Gasteiger partial charge >= 0.3 is 0 Å². The van der Waals surface area contributed by atoms with E-state index >= 15 is 0 Å². The lowest BCUT2D eigenvalue weighted by atomic mass is 9.83. The summed E-state index contributed by atoms with van der Waals surface area (Å²) in [4.78, 5) is 0. The molecule has 3 nitrogen and oxygen atoms in total. The first-order valence-corrected chi connectivity index (χ1v) is 5.93. The lowest BCUT2D eigenvalue weighted by Gasteiger charge is -2.23. The molecule has 2 rings (SSSR count). The molecule has 92 valence electrons. The molecule has 17 heavy (non-hydrogen) atoms. The van der Waals surface area contributed by atoms with Crippen molar-refractivity contribution < 1.29 is 10.3 Å². The highest BCUT2D eigenvalue weighted by molar-refractivity contribution is 6.07. The molecule has 0 fully saturated rings. The van der Waals surface area contributed by atoms with E-state index in [9.17, 15) is 5.11 Å². The highest BCUT2D eigenvalue weighted by Gasteiger charge is 2.29. The SMILES string of the molecule is Cc1cc(C(C)(C)C)c(O)c2c1CC/C2=N\O. The van der Waals surface area contributed by atoms with Crippen LogP contribution in [0.4, 0.5) is 0 Å². The normalized spacial score (nSPS) is 17.5. The van der Waals surface area contributed by atoms with E-state index in [4.69, 9.17) is 5.21 Å². The molecule has 0 radical (unpaired) electrons. The predicted molar refractivity (Wildman–Crippen MR) is 68.2 cm³/mol. The summed E-state index contributed by atoms with van der Waals surface area (Å²) in [6.45, 7) is 8.25. The summed E-state index contributed by atoms with van der Waals surface area (Å²) in [7, 11) is 0. The van der Waals surface area contributed by atoms with Crippen molar-refractivity contribution in [2.24, 2.45) is 5.16 Å². The maximum atomic E-state index is 10.4. The molecule has 0 heterocycles. The Morgan fingerprint density at radius 1 is 1.24 bits per heavy atom. The molecular weight excluding hydrogens is 214 g/mol. The Labute approximate surface area is 102 Å². The van der Waals surface area contributed by atoms with Gasteiger partial charge in [-0.2, -0.15) is 0 Å². The van der Waals surface area contributed by atoms with Crippen LogP contribution in [0.1, 0.15) is 49.4 Å². The fourth-order valence-corrected chi connectivity index (χ4v) is 2.52. The summed E-state index contributed by atoms with van der Waals surface area (Å²) in [6.07, 6.45) is 1.55. The molecule has 0 amide bonds. The number of phenolic OH excluding ortho intramolecular Hbond substituents is 1. The third kappa shape index (κ3) is 1.79. The summed E-state index contributed by atoms with van der Waals surface area (Å²) in [5.41, 5.74) is 4.43. The molecule has 3 heteroatoms. The van der Waals surface area contributed by atoms with Gasteiger partial charge in [-0.3, -0.25) is 0 Å². The lowest BCUT2D eigenvalue weighted by Crippen LogP contribution is -2.13. The number of aromatic hydroxyl groups is 1. The maximum Gasteiger partial charge on any atom is 0.128 e. The molecule has 0 atom stereocenters. The Balaban J connectivity index is 2.74. The Morgan fingerprint density at radius 2 is 1.88 bits per heavy atom. The number of hydrogen-bond donors (Lipinski definition) is 2. The predicted octanol–water partition coefficient (Wildman–Crippen LogP) is 3.12. The topological polar surface area (TPSA) is 52.8 Å². The van der Waals surface area contributed by atoms with Gasteiger partial charge in [0, 0.05) is 11.1 Å². The molecule has 1 aromatic rings. The van der Waals surface area contributed by atoms with E-state index in [0.717, 1.165) is 23.1 Å². The number of phenols is 1. The number of rotatable bonds is 0. The molecule has 1 aromatic carbocycles. The molecule has 0 aliphatic heterocycles. The van der Waals surface area contributed by atoms with E-state index in [0.29, 0.717) is 12.1 Å². The van der Waals surface area contributed by atoms with E-state index in [2.05, 4.69) is 32.0 Å². The summed E-state index contributed by atoms with van der Waals surface area (Å²) in [5.74, 6) is 0.281. The molecule has 1 aliphatic carbocycles. The van der Waals surface area contributed by atoms with Gasteiger partial charge in [0.25, 0.3) is 0 Å². The van der Waals surface area contributed by atoms with Crippen molar-refractivity contribution in [3.8, 4) is 5.75 Å². The number of aryl methyl sites for hydroxylation is 1. The molecule has 1 aliphatic rings. The first-order valence-electron chi connectivity index (χ1n) is 5.93. The lowest BCUT2D eigenvalue weighted by molar-refractivity contribution is 0.318. The van der Waals surface area contributed by atoms with E-state index in [1.54, 1.807) is 0 Å². The van der Waals surface area contributed by atoms with Crippen LogP contribution >= 0.6 is 0 Å². The molecule has 0 saturated carbocycles. The zero-order valence-electron chi connectivity index (χ0n) is 10.8. The maximum absolute atomic E-state index is 10.4. The van der Waals surface area contributed by atoms with Crippen LogP contribution in [0.5, 0.6) is 5.75 Å². The fourth-order valence-electron chi connectivity index (χ4n) is 2.52. The third-order valence-corrected chi connectivity index (χ3v) is 3.46. The van der Waals surface area contributed by atoms with E-state index in [1.807, 2.05) is 6.92 Å². The monoisotopic (exact) mass is 233 g/mol. The Hall–Kier alpha value is -1.51. The van der Waals surface area contributed by atoms with Crippen molar-refractivity contribution in [2.75, 3.05) is 0 Å². The van der Waals surface area contributed by atoms with Gasteiger partial charge in [0.1, 0.15) is 5.75 Å². The summed E-state index contributed by atoms with van der Waals surface area (Å²) in [6, 6.07) is 2.05. The molecule has 0 unspecified atom stereocenters. The van der Waals surface area contributed by atoms with Gasteiger partial charge in [0.2, 0.25) is 0 Å². The number of benzene rings is 1. The van der Waals surface area contributed by atoms with Crippen molar-refractivity contribution in [3.63, 3.8) is 0 Å². The largest absolute Gasteiger partial charge is 0.507 e. The Bertz CT molecular complexity index is 496. The minimum atomic E-state index is -0.118. The third-order valence-electron chi connectivity index (χ3n) is 3.46. The summed E-state index contributed by atoms with van der Waals surface area (Å²) < 4.78 is 0. The van der Waals surface area contributed by atoms with Crippen molar-refractivity contribution in [1.29, 1.82) is 0 Å². The van der Waals surface area contributed by atoms with Crippen LogP contribution in [0.3, 0.4) is 0 Å². The van der Waals surface area contributed by atoms with Gasteiger partial charge < -0.3 is 10.3 Å². The van der Waals surface area contributed by atoms with Gasteiger partial charge in [0.15, 0.2) is 0 Å². The number of fused-ring (bicyclic) bond motifs is 1. The second kappa shape index (κ2) is 3.76. The number of nitrogens with zero attached hydrogens (tertiary/aromatic N) is 1.